The molecule has 0 fully saturated rings. The third kappa shape index (κ3) is 5.56. The Morgan fingerprint density at radius 1 is 1.19 bits per heavy atom. The molecule has 0 saturated heterocycles. The summed E-state index contributed by atoms with van der Waals surface area (Å²) in [6.45, 7) is 9.17. The van der Waals surface area contributed by atoms with E-state index in [1.165, 1.54) is 10.9 Å². The summed E-state index contributed by atoms with van der Waals surface area (Å²) in [7, 11) is -1.20. The fourth-order valence-electron chi connectivity index (χ4n) is 1.18. The topological polar surface area (TPSA) is 0 Å². The van der Waals surface area contributed by atoms with Gasteiger partial charge in [0, 0.05) is 0 Å². The van der Waals surface area contributed by atoms with Crippen molar-refractivity contribution in [2.75, 3.05) is 0 Å². The standard InChI is InChI=1S/C14H20SeSi/c1-5-13(11-12-16(2,3)4)15-14-9-7-6-8-10-14/h6-10,13H,5H2,1-4H3. The second-order valence-corrected chi connectivity index (χ2v) is 12.3. The summed E-state index contributed by atoms with van der Waals surface area (Å²) in [4.78, 5) is 0.585. The Bertz CT molecular complexity index is 367. The molecule has 0 amide bonds. The number of hydrogen-bond donors (Lipinski definition) is 0. The van der Waals surface area contributed by atoms with Gasteiger partial charge in [0.15, 0.2) is 0 Å². The first-order valence-corrected chi connectivity index (χ1v) is 11.1. The Labute approximate surface area is 107 Å². The van der Waals surface area contributed by atoms with Crippen molar-refractivity contribution in [3.05, 3.63) is 30.3 Å². The average Bonchev–Trinajstić information content (AvgIpc) is 2.24. The van der Waals surface area contributed by atoms with Crippen molar-refractivity contribution in [3.63, 3.8) is 0 Å². The predicted octanol–water partition coefficient (Wildman–Crippen LogP) is 3.10. The van der Waals surface area contributed by atoms with Crippen LogP contribution in [0.3, 0.4) is 0 Å². The molecule has 0 aromatic heterocycles. The van der Waals surface area contributed by atoms with Gasteiger partial charge < -0.3 is 0 Å². The molecular weight excluding hydrogens is 275 g/mol. The fourth-order valence-corrected chi connectivity index (χ4v) is 3.96. The van der Waals surface area contributed by atoms with Gasteiger partial charge in [-0.05, 0) is 0 Å². The first-order chi connectivity index (χ1) is 7.51. The minimum absolute atomic E-state index is 0.503. The molecule has 1 atom stereocenters. The van der Waals surface area contributed by atoms with Crippen molar-refractivity contribution in [1.29, 1.82) is 0 Å². The van der Waals surface area contributed by atoms with Gasteiger partial charge in [0.25, 0.3) is 0 Å². The van der Waals surface area contributed by atoms with Crippen LogP contribution in [0.25, 0.3) is 0 Å². The molecule has 1 aromatic carbocycles. The zero-order chi connectivity index (χ0) is 12.0. The Balaban J connectivity index is 2.66. The van der Waals surface area contributed by atoms with Gasteiger partial charge in [0.1, 0.15) is 0 Å². The number of hydrogen-bond acceptors (Lipinski definition) is 0. The van der Waals surface area contributed by atoms with Gasteiger partial charge in [-0.25, -0.2) is 0 Å². The second kappa shape index (κ2) is 6.30. The maximum absolute atomic E-state index is 3.50. The van der Waals surface area contributed by atoms with Gasteiger partial charge in [0.2, 0.25) is 0 Å². The zero-order valence-corrected chi connectivity index (χ0v) is 13.3. The monoisotopic (exact) mass is 296 g/mol. The number of benzene rings is 1. The molecular formula is C14H20SeSi. The van der Waals surface area contributed by atoms with Crippen molar-refractivity contribution in [2.45, 2.75) is 37.8 Å². The van der Waals surface area contributed by atoms with E-state index in [4.69, 9.17) is 0 Å². The molecule has 0 radical (unpaired) electrons. The van der Waals surface area contributed by atoms with Crippen LogP contribution < -0.4 is 4.46 Å². The SMILES string of the molecule is CCC(C#C[Si](C)(C)C)[Se]c1ccccc1. The quantitative estimate of drug-likeness (QED) is 0.594. The molecule has 16 heavy (non-hydrogen) atoms. The van der Waals surface area contributed by atoms with Crippen molar-refractivity contribution < 1.29 is 0 Å². The van der Waals surface area contributed by atoms with Crippen molar-refractivity contribution in [1.82, 2.24) is 0 Å². The van der Waals surface area contributed by atoms with Crippen LogP contribution in [0.2, 0.25) is 24.5 Å². The summed E-state index contributed by atoms with van der Waals surface area (Å²) in [6, 6.07) is 10.8. The first-order valence-electron chi connectivity index (χ1n) is 5.75. The average molecular weight is 295 g/mol. The third-order valence-electron chi connectivity index (χ3n) is 2.00. The maximum atomic E-state index is 3.50. The van der Waals surface area contributed by atoms with Crippen LogP contribution in [0.15, 0.2) is 30.3 Å². The summed E-state index contributed by atoms with van der Waals surface area (Å²) in [6.07, 6.45) is 1.17. The molecule has 0 aliphatic heterocycles. The van der Waals surface area contributed by atoms with Gasteiger partial charge in [0.05, 0.1) is 0 Å². The van der Waals surface area contributed by atoms with E-state index in [0.29, 0.717) is 19.8 Å². The van der Waals surface area contributed by atoms with Gasteiger partial charge >= 0.3 is 107 Å². The second-order valence-electron chi connectivity index (χ2n) is 4.85. The molecule has 0 saturated carbocycles. The molecule has 0 N–H and O–H groups in total. The van der Waals surface area contributed by atoms with Gasteiger partial charge in [-0.1, -0.05) is 0 Å². The molecule has 1 aromatic rings. The van der Waals surface area contributed by atoms with E-state index in [-0.39, 0.29) is 0 Å². The van der Waals surface area contributed by atoms with Crippen LogP contribution in [-0.2, 0) is 0 Å². The Morgan fingerprint density at radius 3 is 2.31 bits per heavy atom. The van der Waals surface area contributed by atoms with E-state index in [9.17, 15) is 0 Å². The molecule has 1 unspecified atom stereocenters. The summed E-state index contributed by atoms with van der Waals surface area (Å²) in [5.74, 6) is 3.50. The molecule has 0 aliphatic carbocycles. The summed E-state index contributed by atoms with van der Waals surface area (Å²) in [5.41, 5.74) is 3.50. The van der Waals surface area contributed by atoms with Gasteiger partial charge in [-0.15, -0.1) is 0 Å². The third-order valence-corrected chi connectivity index (χ3v) is 5.58. The first kappa shape index (κ1) is 13.6. The minimum atomic E-state index is -1.20. The van der Waals surface area contributed by atoms with E-state index >= 15 is 0 Å². The summed E-state index contributed by atoms with van der Waals surface area (Å²) < 4.78 is 1.46. The van der Waals surface area contributed by atoms with Crippen LogP contribution in [0, 0.1) is 11.5 Å². The van der Waals surface area contributed by atoms with E-state index in [1.807, 2.05) is 0 Å². The number of rotatable bonds is 3. The normalized spacial score (nSPS) is 12.8. The molecule has 0 spiro atoms. The van der Waals surface area contributed by atoms with Crippen molar-refractivity contribution >= 4 is 27.5 Å². The molecule has 1 rings (SSSR count). The van der Waals surface area contributed by atoms with Crippen LogP contribution in [-0.4, -0.2) is 23.0 Å². The molecule has 0 heterocycles. The summed E-state index contributed by atoms with van der Waals surface area (Å²) >= 11 is 0.503. The van der Waals surface area contributed by atoms with Crippen molar-refractivity contribution in [3.8, 4) is 11.5 Å². The van der Waals surface area contributed by atoms with Crippen LogP contribution >= 0.6 is 0 Å². The summed E-state index contributed by atoms with van der Waals surface area (Å²) in [5, 5.41) is 0. The van der Waals surface area contributed by atoms with E-state index < -0.39 is 8.07 Å². The van der Waals surface area contributed by atoms with Crippen LogP contribution in [0.4, 0.5) is 0 Å². The molecule has 0 aliphatic rings. The van der Waals surface area contributed by atoms with Gasteiger partial charge in [-0.2, -0.15) is 0 Å². The van der Waals surface area contributed by atoms with E-state index in [0.717, 1.165) is 0 Å². The van der Waals surface area contributed by atoms with E-state index in [1.54, 1.807) is 0 Å². The predicted molar refractivity (Wildman–Crippen MR) is 77.0 cm³/mol. The molecule has 2 heteroatoms. The van der Waals surface area contributed by atoms with Crippen molar-refractivity contribution in [2.24, 2.45) is 0 Å². The molecule has 0 nitrogen and oxygen atoms in total. The zero-order valence-electron chi connectivity index (χ0n) is 10.6. The van der Waals surface area contributed by atoms with Crippen LogP contribution in [0.5, 0.6) is 0 Å². The Morgan fingerprint density at radius 2 is 1.81 bits per heavy atom. The molecule has 86 valence electrons. The van der Waals surface area contributed by atoms with Gasteiger partial charge in [-0.3, -0.25) is 0 Å². The Hall–Kier alpha value is -0.484. The van der Waals surface area contributed by atoms with E-state index in [2.05, 4.69) is 68.4 Å². The Kier molecular flexibility index (Phi) is 5.35. The molecule has 0 bridgehead atoms. The van der Waals surface area contributed by atoms with Crippen LogP contribution in [0.1, 0.15) is 13.3 Å². The fraction of sp³-hybridized carbons (Fsp3) is 0.429.